The van der Waals surface area contributed by atoms with E-state index in [0.29, 0.717) is 0 Å². The second-order valence-corrected chi connectivity index (χ2v) is 6.56. The predicted molar refractivity (Wildman–Crippen MR) is 94.0 cm³/mol. The van der Waals surface area contributed by atoms with Crippen LogP contribution in [0, 0.1) is 0 Å². The Morgan fingerprint density at radius 1 is 0.762 bits per heavy atom. The molecule has 0 fully saturated rings. The SMILES string of the molecule is Brc1ccc2c3ccccc3n(-c3cccc(Br)n3)c2c1. The highest BCUT2D eigenvalue weighted by Crippen LogP contribution is 2.33. The first kappa shape index (κ1) is 13.0. The van der Waals surface area contributed by atoms with Crippen LogP contribution < -0.4 is 0 Å². The van der Waals surface area contributed by atoms with Crippen molar-refractivity contribution in [1.82, 2.24) is 9.55 Å². The van der Waals surface area contributed by atoms with Crippen molar-refractivity contribution in [2.45, 2.75) is 0 Å². The Morgan fingerprint density at radius 2 is 1.57 bits per heavy atom. The van der Waals surface area contributed by atoms with E-state index in [4.69, 9.17) is 0 Å². The molecule has 2 nitrogen and oxygen atoms in total. The Kier molecular flexibility index (Phi) is 3.08. The highest BCUT2D eigenvalue weighted by molar-refractivity contribution is 9.10. The number of hydrogen-bond acceptors (Lipinski definition) is 1. The number of para-hydroxylation sites is 1. The van der Waals surface area contributed by atoms with E-state index in [1.54, 1.807) is 0 Å². The number of rotatable bonds is 1. The second-order valence-electron chi connectivity index (χ2n) is 4.83. The topological polar surface area (TPSA) is 17.8 Å². The Bertz CT molecular complexity index is 973. The van der Waals surface area contributed by atoms with Gasteiger partial charge >= 0.3 is 0 Å². The zero-order chi connectivity index (χ0) is 14.4. The Balaban J connectivity index is 2.21. The molecule has 2 aromatic carbocycles. The van der Waals surface area contributed by atoms with E-state index in [0.717, 1.165) is 25.9 Å². The lowest BCUT2D eigenvalue weighted by Gasteiger charge is -2.07. The lowest BCUT2D eigenvalue weighted by Crippen LogP contribution is -1.97. The van der Waals surface area contributed by atoms with Crippen molar-refractivity contribution in [3.8, 4) is 5.82 Å². The molecule has 2 aromatic heterocycles. The van der Waals surface area contributed by atoms with Gasteiger partial charge in [0.1, 0.15) is 10.4 Å². The third-order valence-corrected chi connectivity index (χ3v) is 4.50. The molecular weight excluding hydrogens is 392 g/mol. The molecule has 0 saturated carbocycles. The fourth-order valence-corrected chi connectivity index (χ4v) is 3.40. The molecule has 0 aliphatic carbocycles. The van der Waals surface area contributed by atoms with Crippen molar-refractivity contribution in [3.63, 3.8) is 0 Å². The summed E-state index contributed by atoms with van der Waals surface area (Å²) in [5, 5.41) is 2.47. The van der Waals surface area contributed by atoms with Crippen molar-refractivity contribution < 1.29 is 0 Å². The average molecular weight is 402 g/mol. The summed E-state index contributed by atoms with van der Waals surface area (Å²) < 4.78 is 4.09. The summed E-state index contributed by atoms with van der Waals surface area (Å²) in [6, 6.07) is 20.7. The number of pyridine rings is 1. The number of halogens is 2. The lowest BCUT2D eigenvalue weighted by atomic mass is 10.2. The molecule has 21 heavy (non-hydrogen) atoms. The van der Waals surface area contributed by atoms with Crippen LogP contribution in [0.1, 0.15) is 0 Å². The van der Waals surface area contributed by atoms with Gasteiger partial charge in [-0.15, -0.1) is 0 Å². The van der Waals surface area contributed by atoms with Crippen LogP contribution in [0.5, 0.6) is 0 Å². The van der Waals surface area contributed by atoms with Gasteiger partial charge in [-0.1, -0.05) is 46.3 Å². The smallest absolute Gasteiger partial charge is 0.138 e. The van der Waals surface area contributed by atoms with Gasteiger partial charge in [-0.2, -0.15) is 0 Å². The van der Waals surface area contributed by atoms with Gasteiger partial charge in [0, 0.05) is 15.2 Å². The minimum Gasteiger partial charge on any atom is -0.294 e. The number of fused-ring (bicyclic) bond motifs is 3. The van der Waals surface area contributed by atoms with Gasteiger partial charge in [-0.3, -0.25) is 4.57 Å². The summed E-state index contributed by atoms with van der Waals surface area (Å²) in [4.78, 5) is 4.61. The fourth-order valence-electron chi connectivity index (χ4n) is 2.71. The van der Waals surface area contributed by atoms with E-state index in [-0.39, 0.29) is 0 Å². The van der Waals surface area contributed by atoms with E-state index >= 15 is 0 Å². The molecule has 0 unspecified atom stereocenters. The molecule has 4 rings (SSSR count). The predicted octanol–water partition coefficient (Wildman–Crippen LogP) is 5.70. The number of nitrogens with zero attached hydrogens (tertiary/aromatic N) is 2. The maximum Gasteiger partial charge on any atom is 0.138 e. The fraction of sp³-hybridized carbons (Fsp3) is 0. The molecule has 4 heteroatoms. The third kappa shape index (κ3) is 2.10. The normalized spacial score (nSPS) is 11.3. The quantitative estimate of drug-likeness (QED) is 0.374. The van der Waals surface area contributed by atoms with Crippen molar-refractivity contribution in [2.24, 2.45) is 0 Å². The molecule has 0 N–H and O–H groups in total. The standard InChI is InChI=1S/C17H10Br2N2/c18-11-8-9-13-12-4-1-2-5-14(12)21(15(13)10-11)17-7-3-6-16(19)20-17/h1-10H. The monoisotopic (exact) mass is 400 g/mol. The first-order valence-electron chi connectivity index (χ1n) is 6.56. The van der Waals surface area contributed by atoms with Gasteiger partial charge < -0.3 is 0 Å². The largest absolute Gasteiger partial charge is 0.294 e. The van der Waals surface area contributed by atoms with Gasteiger partial charge in [0.25, 0.3) is 0 Å². The maximum atomic E-state index is 4.61. The van der Waals surface area contributed by atoms with Crippen LogP contribution in [0.3, 0.4) is 0 Å². The molecule has 0 aliphatic rings. The second kappa shape index (κ2) is 4.97. The zero-order valence-corrected chi connectivity index (χ0v) is 14.1. The van der Waals surface area contributed by atoms with E-state index < -0.39 is 0 Å². The molecule has 0 radical (unpaired) electrons. The van der Waals surface area contributed by atoms with Crippen molar-refractivity contribution in [3.05, 3.63) is 69.7 Å². The number of benzene rings is 2. The molecule has 2 heterocycles. The zero-order valence-electron chi connectivity index (χ0n) is 10.9. The summed E-state index contributed by atoms with van der Waals surface area (Å²) in [6.07, 6.45) is 0. The van der Waals surface area contributed by atoms with Crippen molar-refractivity contribution >= 4 is 53.7 Å². The molecule has 0 aliphatic heterocycles. The van der Waals surface area contributed by atoms with Crippen molar-refractivity contribution in [2.75, 3.05) is 0 Å². The number of aromatic nitrogens is 2. The van der Waals surface area contributed by atoms with Gasteiger partial charge in [0.05, 0.1) is 11.0 Å². The van der Waals surface area contributed by atoms with Crippen LogP contribution in [0.2, 0.25) is 0 Å². The van der Waals surface area contributed by atoms with Gasteiger partial charge in [0.15, 0.2) is 0 Å². The summed E-state index contributed by atoms with van der Waals surface area (Å²) in [6.45, 7) is 0. The van der Waals surface area contributed by atoms with E-state index in [9.17, 15) is 0 Å². The minimum atomic E-state index is 0.834. The molecule has 4 aromatic rings. The van der Waals surface area contributed by atoms with Crippen LogP contribution in [0.25, 0.3) is 27.6 Å². The van der Waals surface area contributed by atoms with Crippen LogP contribution in [-0.4, -0.2) is 9.55 Å². The first-order valence-corrected chi connectivity index (χ1v) is 8.14. The maximum absolute atomic E-state index is 4.61. The molecule has 0 atom stereocenters. The minimum absolute atomic E-state index is 0.834. The van der Waals surface area contributed by atoms with Crippen LogP contribution >= 0.6 is 31.9 Å². The van der Waals surface area contributed by atoms with Gasteiger partial charge in [0.2, 0.25) is 0 Å². The molecular formula is C17H10Br2N2. The van der Waals surface area contributed by atoms with Crippen molar-refractivity contribution in [1.29, 1.82) is 0 Å². The van der Waals surface area contributed by atoms with Gasteiger partial charge in [-0.05, 0) is 46.3 Å². The van der Waals surface area contributed by atoms with E-state index in [2.05, 4.69) is 83.9 Å². The van der Waals surface area contributed by atoms with Crippen LogP contribution in [-0.2, 0) is 0 Å². The highest BCUT2D eigenvalue weighted by atomic mass is 79.9. The third-order valence-electron chi connectivity index (χ3n) is 3.57. The molecule has 0 bridgehead atoms. The Morgan fingerprint density at radius 3 is 2.43 bits per heavy atom. The Hall–Kier alpha value is -1.65. The van der Waals surface area contributed by atoms with E-state index in [1.165, 1.54) is 10.8 Å². The van der Waals surface area contributed by atoms with E-state index in [1.807, 2.05) is 18.2 Å². The van der Waals surface area contributed by atoms with Gasteiger partial charge in [-0.25, -0.2) is 4.98 Å². The van der Waals surface area contributed by atoms with Crippen LogP contribution in [0.4, 0.5) is 0 Å². The summed E-state index contributed by atoms with van der Waals surface area (Å²) in [7, 11) is 0. The highest BCUT2D eigenvalue weighted by Gasteiger charge is 2.12. The number of hydrogen-bond donors (Lipinski definition) is 0. The molecule has 0 spiro atoms. The lowest BCUT2D eigenvalue weighted by molar-refractivity contribution is 1.07. The molecule has 102 valence electrons. The molecule has 0 saturated heterocycles. The van der Waals surface area contributed by atoms with Crippen LogP contribution in [0.15, 0.2) is 69.7 Å². The average Bonchev–Trinajstić information content (AvgIpc) is 2.80. The summed E-state index contributed by atoms with van der Waals surface area (Å²) in [5.41, 5.74) is 2.31. The summed E-state index contributed by atoms with van der Waals surface area (Å²) in [5.74, 6) is 0.911. The first-order chi connectivity index (χ1) is 10.2. The summed E-state index contributed by atoms with van der Waals surface area (Å²) >= 11 is 7.02. The Labute approximate surface area is 138 Å². The molecule has 0 amide bonds.